The molecule has 4 rings (SSSR count). The predicted octanol–water partition coefficient (Wildman–Crippen LogP) is 2.63. The van der Waals surface area contributed by atoms with Gasteiger partial charge < -0.3 is 4.74 Å². The number of benzene rings is 2. The lowest BCUT2D eigenvalue weighted by Crippen LogP contribution is -2.51. The molecule has 3 aromatic rings. The first-order valence-corrected chi connectivity index (χ1v) is 9.29. The lowest BCUT2D eigenvalue weighted by Gasteiger charge is -2.14. The van der Waals surface area contributed by atoms with E-state index in [0.29, 0.717) is 16.9 Å². The van der Waals surface area contributed by atoms with Crippen molar-refractivity contribution in [3.8, 4) is 17.3 Å². The summed E-state index contributed by atoms with van der Waals surface area (Å²) >= 11 is 0. The zero-order chi connectivity index (χ0) is 22.8. The molecule has 32 heavy (non-hydrogen) atoms. The number of aryl methyl sites for hydroxylation is 1. The lowest BCUT2D eigenvalue weighted by atomic mass is 10.1. The lowest BCUT2D eigenvalue weighted by molar-refractivity contribution is -0.384. The minimum atomic E-state index is -0.906. The number of non-ortho nitro benzene ring substituents is 1. The second kappa shape index (κ2) is 8.14. The normalized spacial score (nSPS) is 13.4. The van der Waals surface area contributed by atoms with Gasteiger partial charge in [-0.25, -0.2) is 4.79 Å². The Morgan fingerprint density at radius 2 is 1.62 bits per heavy atom. The summed E-state index contributed by atoms with van der Waals surface area (Å²) in [4.78, 5) is 46.1. The first-order chi connectivity index (χ1) is 15.3. The van der Waals surface area contributed by atoms with Gasteiger partial charge in [-0.05, 0) is 37.3 Å². The van der Waals surface area contributed by atoms with Gasteiger partial charge in [-0.3, -0.25) is 30.3 Å². The second-order valence-corrected chi connectivity index (χ2v) is 6.70. The standard InChI is InChI=1S/C21H15N5O6/c1-12-16(11-17-18(27)22-21(29)23-19(17)28)20(25(24-12)13-5-3-2-4-6-13)32-15-9-7-14(8-10-15)26(30)31/h2-11H,1H3,(H2,22,23,27,28,29). The Kier molecular flexibility index (Phi) is 5.21. The number of para-hydroxylation sites is 1. The highest BCUT2D eigenvalue weighted by Gasteiger charge is 2.29. The Morgan fingerprint density at radius 1 is 1.00 bits per heavy atom. The number of urea groups is 1. The second-order valence-electron chi connectivity index (χ2n) is 6.70. The molecule has 1 fully saturated rings. The number of aromatic nitrogens is 2. The molecule has 4 amide bonds. The molecule has 0 atom stereocenters. The number of hydrogen-bond donors (Lipinski definition) is 2. The minimum absolute atomic E-state index is 0.104. The van der Waals surface area contributed by atoms with E-state index in [4.69, 9.17) is 4.74 Å². The number of ether oxygens (including phenoxy) is 1. The van der Waals surface area contributed by atoms with E-state index in [-0.39, 0.29) is 22.9 Å². The number of nitro benzene ring substituents is 1. The van der Waals surface area contributed by atoms with Crippen molar-refractivity contribution in [2.24, 2.45) is 0 Å². The molecular weight excluding hydrogens is 418 g/mol. The number of hydrogen-bond acceptors (Lipinski definition) is 7. The fourth-order valence-electron chi connectivity index (χ4n) is 3.02. The Labute approximate surface area is 180 Å². The number of barbiturate groups is 1. The van der Waals surface area contributed by atoms with Crippen LogP contribution in [-0.4, -0.2) is 32.5 Å². The third kappa shape index (κ3) is 3.94. The third-order valence-electron chi connectivity index (χ3n) is 4.56. The summed E-state index contributed by atoms with van der Waals surface area (Å²) in [5.74, 6) is -1.26. The van der Waals surface area contributed by atoms with E-state index in [1.807, 2.05) is 16.7 Å². The quantitative estimate of drug-likeness (QED) is 0.272. The van der Waals surface area contributed by atoms with Gasteiger partial charge in [0.15, 0.2) is 0 Å². The maximum Gasteiger partial charge on any atom is 0.328 e. The molecule has 2 heterocycles. The van der Waals surface area contributed by atoms with Gasteiger partial charge in [0.25, 0.3) is 17.5 Å². The van der Waals surface area contributed by atoms with Crippen LogP contribution in [0.3, 0.4) is 0 Å². The molecule has 1 saturated heterocycles. The zero-order valence-corrected chi connectivity index (χ0v) is 16.6. The number of carbonyl (C=O) groups excluding carboxylic acids is 3. The maximum absolute atomic E-state index is 12.2. The highest BCUT2D eigenvalue weighted by atomic mass is 16.6. The molecule has 0 aliphatic carbocycles. The average molecular weight is 433 g/mol. The van der Waals surface area contributed by atoms with Gasteiger partial charge in [-0.15, -0.1) is 0 Å². The van der Waals surface area contributed by atoms with Crippen molar-refractivity contribution < 1.29 is 24.0 Å². The molecule has 0 bridgehead atoms. The molecule has 2 N–H and O–H groups in total. The summed E-state index contributed by atoms with van der Waals surface area (Å²) in [5.41, 5.74) is 1.00. The smallest absolute Gasteiger partial charge is 0.328 e. The Balaban J connectivity index is 1.83. The van der Waals surface area contributed by atoms with Crippen molar-refractivity contribution >= 4 is 29.6 Å². The van der Waals surface area contributed by atoms with Crippen LogP contribution in [0.25, 0.3) is 11.8 Å². The fraction of sp³-hybridized carbons (Fsp3) is 0.0476. The third-order valence-corrected chi connectivity index (χ3v) is 4.56. The summed E-state index contributed by atoms with van der Waals surface area (Å²) in [6.45, 7) is 1.66. The number of nitrogens with one attached hydrogen (secondary N) is 2. The number of nitrogens with zero attached hydrogens (tertiary/aromatic N) is 3. The first kappa shape index (κ1) is 20.5. The number of nitro groups is 1. The van der Waals surface area contributed by atoms with E-state index < -0.39 is 22.8 Å². The summed E-state index contributed by atoms with van der Waals surface area (Å²) in [6.07, 6.45) is 1.28. The largest absolute Gasteiger partial charge is 0.438 e. The zero-order valence-electron chi connectivity index (χ0n) is 16.6. The number of amides is 4. The van der Waals surface area contributed by atoms with Gasteiger partial charge in [0.2, 0.25) is 5.88 Å². The molecule has 1 aliphatic rings. The minimum Gasteiger partial charge on any atom is -0.438 e. The SMILES string of the molecule is Cc1nn(-c2ccccc2)c(Oc2ccc([N+](=O)[O-])cc2)c1C=C1C(=O)NC(=O)NC1=O. The first-order valence-electron chi connectivity index (χ1n) is 9.29. The van der Waals surface area contributed by atoms with Crippen LogP contribution in [-0.2, 0) is 9.59 Å². The van der Waals surface area contributed by atoms with Crippen LogP contribution in [0.5, 0.6) is 11.6 Å². The number of imide groups is 2. The summed E-state index contributed by atoms with van der Waals surface area (Å²) < 4.78 is 7.47. The van der Waals surface area contributed by atoms with E-state index in [2.05, 4.69) is 5.10 Å². The molecule has 0 saturated carbocycles. The number of rotatable bonds is 5. The molecular formula is C21H15N5O6. The van der Waals surface area contributed by atoms with E-state index in [1.165, 1.54) is 35.0 Å². The summed E-state index contributed by atoms with van der Waals surface area (Å²) in [6, 6.07) is 13.5. The average Bonchev–Trinajstić information content (AvgIpc) is 3.06. The molecule has 1 aromatic heterocycles. The topological polar surface area (TPSA) is 145 Å². The van der Waals surface area contributed by atoms with Crippen molar-refractivity contribution in [2.75, 3.05) is 0 Å². The van der Waals surface area contributed by atoms with E-state index in [1.54, 1.807) is 31.2 Å². The van der Waals surface area contributed by atoms with Gasteiger partial charge in [0.1, 0.15) is 11.3 Å². The van der Waals surface area contributed by atoms with Gasteiger partial charge >= 0.3 is 6.03 Å². The van der Waals surface area contributed by atoms with Crippen LogP contribution in [0.4, 0.5) is 10.5 Å². The Morgan fingerprint density at radius 3 is 2.22 bits per heavy atom. The molecule has 0 unspecified atom stereocenters. The summed E-state index contributed by atoms with van der Waals surface area (Å²) in [7, 11) is 0. The van der Waals surface area contributed by atoms with Crippen LogP contribution < -0.4 is 15.4 Å². The van der Waals surface area contributed by atoms with E-state index in [9.17, 15) is 24.5 Å². The molecule has 11 nitrogen and oxygen atoms in total. The maximum atomic E-state index is 12.2. The van der Waals surface area contributed by atoms with Gasteiger partial charge in [0.05, 0.1) is 21.9 Å². The van der Waals surface area contributed by atoms with Crippen molar-refractivity contribution in [3.05, 3.63) is 81.5 Å². The van der Waals surface area contributed by atoms with Crippen molar-refractivity contribution in [1.29, 1.82) is 0 Å². The Hall–Kier alpha value is -4.80. The predicted molar refractivity (Wildman–Crippen MR) is 111 cm³/mol. The van der Waals surface area contributed by atoms with Crippen LogP contribution in [0.15, 0.2) is 60.2 Å². The Bertz CT molecular complexity index is 1260. The van der Waals surface area contributed by atoms with E-state index >= 15 is 0 Å². The molecule has 1 aliphatic heterocycles. The molecule has 2 aromatic carbocycles. The molecule has 160 valence electrons. The van der Waals surface area contributed by atoms with Gasteiger partial charge in [0, 0.05) is 12.1 Å². The number of carbonyl (C=O) groups is 3. The van der Waals surface area contributed by atoms with Crippen molar-refractivity contribution in [3.63, 3.8) is 0 Å². The van der Waals surface area contributed by atoms with Gasteiger partial charge in [-0.2, -0.15) is 9.78 Å². The van der Waals surface area contributed by atoms with Crippen LogP contribution in [0.2, 0.25) is 0 Å². The molecule has 0 spiro atoms. The van der Waals surface area contributed by atoms with E-state index in [0.717, 1.165) is 0 Å². The van der Waals surface area contributed by atoms with Crippen molar-refractivity contribution in [1.82, 2.24) is 20.4 Å². The van der Waals surface area contributed by atoms with Crippen molar-refractivity contribution in [2.45, 2.75) is 6.92 Å². The van der Waals surface area contributed by atoms with Crippen LogP contribution >= 0.6 is 0 Å². The van der Waals surface area contributed by atoms with Gasteiger partial charge in [-0.1, -0.05) is 18.2 Å². The fourth-order valence-corrected chi connectivity index (χ4v) is 3.02. The highest BCUT2D eigenvalue weighted by molar-refractivity contribution is 6.31. The van der Waals surface area contributed by atoms with Crippen LogP contribution in [0, 0.1) is 17.0 Å². The molecule has 0 radical (unpaired) electrons. The monoisotopic (exact) mass is 433 g/mol. The van der Waals surface area contributed by atoms with Crippen LogP contribution in [0.1, 0.15) is 11.3 Å². The summed E-state index contributed by atoms with van der Waals surface area (Å²) in [5, 5.41) is 19.4. The highest BCUT2D eigenvalue weighted by Crippen LogP contribution is 2.33. The molecule has 11 heteroatoms.